The van der Waals surface area contributed by atoms with Gasteiger partial charge in [-0.1, -0.05) is 62.8 Å². The third-order valence-electron chi connectivity index (χ3n) is 8.93. The highest BCUT2D eigenvalue weighted by molar-refractivity contribution is 5.92. The number of benzene rings is 3. The van der Waals surface area contributed by atoms with Crippen LogP contribution in [0.1, 0.15) is 138 Å². The van der Waals surface area contributed by atoms with Crippen molar-refractivity contribution in [3.8, 4) is 17.2 Å². The first-order chi connectivity index (χ1) is 26.1. The Morgan fingerprint density at radius 1 is 0.618 bits per heavy atom. The fourth-order valence-corrected chi connectivity index (χ4v) is 5.28. The topological polar surface area (TPSA) is 114 Å². The highest BCUT2D eigenvalue weighted by Crippen LogP contribution is 2.23. The summed E-state index contributed by atoms with van der Waals surface area (Å²) in [5.41, 5.74) is 1.92. The minimum Gasteiger partial charge on any atom is -0.494 e. The lowest BCUT2D eigenvalue weighted by Crippen LogP contribution is -2.28. The number of ether oxygens (including phenoxy) is 5. The maximum atomic E-state index is 12.5. The maximum Gasteiger partial charge on any atom is 0.343 e. The van der Waals surface area contributed by atoms with E-state index in [2.05, 4.69) is 20.4 Å². The molecule has 0 amide bonds. The lowest BCUT2D eigenvalue weighted by atomic mass is 9.99. The predicted octanol–water partition coefficient (Wildman–Crippen LogP) is 11.0. The van der Waals surface area contributed by atoms with E-state index in [-0.39, 0.29) is 11.6 Å². The molecule has 55 heavy (non-hydrogen) atoms. The summed E-state index contributed by atoms with van der Waals surface area (Å²) in [5, 5.41) is 0. The van der Waals surface area contributed by atoms with E-state index in [0.29, 0.717) is 41.2 Å². The van der Waals surface area contributed by atoms with Crippen molar-refractivity contribution in [3.63, 3.8) is 0 Å². The van der Waals surface area contributed by atoms with Gasteiger partial charge in [0.1, 0.15) is 29.1 Å². The number of carbonyl (C=O) groups excluding carboxylic acids is 4. The maximum absolute atomic E-state index is 12.5. The van der Waals surface area contributed by atoms with Crippen molar-refractivity contribution in [1.82, 2.24) is 0 Å². The third-order valence-corrected chi connectivity index (χ3v) is 8.93. The van der Waals surface area contributed by atoms with Crippen LogP contribution in [0.25, 0.3) is 0 Å². The Morgan fingerprint density at radius 3 is 1.55 bits per heavy atom. The van der Waals surface area contributed by atoms with E-state index in [0.717, 1.165) is 62.5 Å². The summed E-state index contributed by atoms with van der Waals surface area (Å²) in [5.74, 6) is 0.205. The van der Waals surface area contributed by atoms with Gasteiger partial charge in [-0.2, -0.15) is 0 Å². The number of aldehydes is 1. The minimum atomic E-state index is -0.472. The van der Waals surface area contributed by atoms with Crippen molar-refractivity contribution < 1.29 is 42.9 Å². The summed E-state index contributed by atoms with van der Waals surface area (Å²) < 4.78 is 27.4. The van der Waals surface area contributed by atoms with Crippen LogP contribution in [0.4, 0.5) is 0 Å². The van der Waals surface area contributed by atoms with E-state index in [1.165, 1.54) is 25.7 Å². The molecule has 0 N–H and O–H groups in total. The molecule has 0 heterocycles. The zero-order valence-corrected chi connectivity index (χ0v) is 34.1. The molecule has 0 bridgehead atoms. The molecule has 0 aromatic heterocycles. The molecule has 3 aromatic carbocycles. The van der Waals surface area contributed by atoms with Crippen molar-refractivity contribution in [2.75, 3.05) is 13.7 Å². The number of hydrogen-bond acceptors (Lipinski definition) is 9. The van der Waals surface area contributed by atoms with Crippen LogP contribution >= 0.6 is 0 Å². The second-order valence-electron chi connectivity index (χ2n) is 15.0. The Kier molecular flexibility index (Phi) is 20.8. The predicted molar refractivity (Wildman–Crippen MR) is 217 cm³/mol. The van der Waals surface area contributed by atoms with Gasteiger partial charge < -0.3 is 28.5 Å². The van der Waals surface area contributed by atoms with Crippen molar-refractivity contribution in [2.24, 2.45) is 0 Å². The van der Waals surface area contributed by atoms with Crippen LogP contribution < -0.4 is 14.2 Å². The van der Waals surface area contributed by atoms with E-state index in [1.54, 1.807) is 74.7 Å². The number of hydrogen-bond donors (Lipinski definition) is 0. The highest BCUT2D eigenvalue weighted by Gasteiger charge is 2.22. The molecule has 0 fully saturated rings. The average Bonchev–Trinajstić information content (AvgIpc) is 3.15. The standard InChI is InChI=1S/C33H40O6.C13H22O3/c1-25-11-13-26(14-12-25)31(34)38-29-19-21-30(22-20-29)39-32(35)27-15-17-28(18-16-27)37-24-10-8-6-5-7-9-23-33(2,3)36-4;1-11(2)12(15)16-13(3,4)9-7-5-6-8-10-14/h11-22H,5-10,23-24H2,1-4H3;10H,1,5-9H2,2-4H3. The zero-order valence-electron chi connectivity index (χ0n) is 34.1. The van der Waals surface area contributed by atoms with Gasteiger partial charge in [0.2, 0.25) is 0 Å². The smallest absolute Gasteiger partial charge is 0.343 e. The number of esters is 3. The summed E-state index contributed by atoms with van der Waals surface area (Å²) in [7, 11) is 1.77. The summed E-state index contributed by atoms with van der Waals surface area (Å²) in [6, 6.07) is 20.5. The highest BCUT2D eigenvalue weighted by atomic mass is 16.6. The van der Waals surface area contributed by atoms with E-state index < -0.39 is 17.5 Å². The Labute approximate surface area is 328 Å². The zero-order chi connectivity index (χ0) is 40.7. The first kappa shape index (κ1) is 46.4. The molecule has 0 atom stereocenters. The summed E-state index contributed by atoms with van der Waals surface area (Å²) >= 11 is 0. The quantitative estimate of drug-likeness (QED) is 0.0306. The number of aryl methyl sites for hydroxylation is 1. The van der Waals surface area contributed by atoms with Gasteiger partial charge in [-0.3, -0.25) is 0 Å². The van der Waals surface area contributed by atoms with Crippen LogP contribution in [0.3, 0.4) is 0 Å². The lowest BCUT2D eigenvalue weighted by molar-refractivity contribution is -0.152. The number of unbranched alkanes of at least 4 members (excludes halogenated alkanes) is 8. The molecule has 0 saturated heterocycles. The second-order valence-corrected chi connectivity index (χ2v) is 15.0. The number of methoxy groups -OCH3 is 1. The lowest BCUT2D eigenvalue weighted by Gasteiger charge is -2.25. The van der Waals surface area contributed by atoms with Crippen LogP contribution in [-0.2, 0) is 19.1 Å². The molecule has 3 rings (SSSR count). The summed E-state index contributed by atoms with van der Waals surface area (Å²) in [6.07, 6.45) is 13.3. The molecule has 0 aliphatic heterocycles. The summed E-state index contributed by atoms with van der Waals surface area (Å²) in [6.45, 7) is 15.9. The summed E-state index contributed by atoms with van der Waals surface area (Å²) in [4.78, 5) is 46.2. The molecule has 0 aliphatic rings. The molecule has 0 saturated carbocycles. The number of rotatable bonds is 23. The molecule has 0 radical (unpaired) electrons. The SMILES string of the molecule is C=C(C)C(=O)OC(C)(C)CCCCCC=O.COC(C)(C)CCCCCCCCOc1ccc(C(=O)Oc2ccc(OC(=O)c3ccc(C)cc3)cc2)cc1. The minimum absolute atomic E-state index is 0.0218. The Morgan fingerprint density at radius 2 is 1.05 bits per heavy atom. The van der Waals surface area contributed by atoms with E-state index in [9.17, 15) is 19.2 Å². The van der Waals surface area contributed by atoms with Gasteiger partial charge in [-0.05, 0) is 134 Å². The fourth-order valence-electron chi connectivity index (χ4n) is 5.28. The van der Waals surface area contributed by atoms with Gasteiger partial charge in [-0.15, -0.1) is 0 Å². The molecular weight excluding hydrogens is 696 g/mol. The van der Waals surface area contributed by atoms with E-state index in [4.69, 9.17) is 23.7 Å². The molecule has 3 aromatic rings. The molecular formula is C46H62O9. The molecule has 0 unspecified atom stereocenters. The van der Waals surface area contributed by atoms with Crippen molar-refractivity contribution in [3.05, 3.63) is 102 Å². The van der Waals surface area contributed by atoms with Gasteiger partial charge in [0.25, 0.3) is 0 Å². The molecule has 9 nitrogen and oxygen atoms in total. The van der Waals surface area contributed by atoms with Gasteiger partial charge in [-0.25, -0.2) is 14.4 Å². The fraction of sp³-hybridized carbons (Fsp3) is 0.478. The first-order valence-corrected chi connectivity index (χ1v) is 19.4. The van der Waals surface area contributed by atoms with Crippen LogP contribution in [0.2, 0.25) is 0 Å². The van der Waals surface area contributed by atoms with Crippen LogP contribution in [0.5, 0.6) is 17.2 Å². The molecule has 0 spiro atoms. The third kappa shape index (κ3) is 19.9. The van der Waals surface area contributed by atoms with Crippen LogP contribution in [-0.4, -0.2) is 49.1 Å². The van der Waals surface area contributed by atoms with Crippen LogP contribution in [0.15, 0.2) is 84.9 Å². The number of carbonyl (C=O) groups is 4. The molecule has 300 valence electrons. The van der Waals surface area contributed by atoms with E-state index in [1.807, 2.05) is 32.9 Å². The monoisotopic (exact) mass is 758 g/mol. The van der Waals surface area contributed by atoms with E-state index >= 15 is 0 Å². The normalized spacial score (nSPS) is 11.1. The van der Waals surface area contributed by atoms with Gasteiger partial charge in [0.15, 0.2) is 0 Å². The Balaban J connectivity index is 0.000000550. The van der Waals surface area contributed by atoms with Gasteiger partial charge in [0, 0.05) is 19.1 Å². The van der Waals surface area contributed by atoms with Crippen molar-refractivity contribution in [1.29, 1.82) is 0 Å². The largest absolute Gasteiger partial charge is 0.494 e. The Bertz CT molecular complexity index is 1600. The van der Waals surface area contributed by atoms with Gasteiger partial charge >= 0.3 is 17.9 Å². The van der Waals surface area contributed by atoms with Crippen molar-refractivity contribution in [2.45, 2.75) is 130 Å². The first-order valence-electron chi connectivity index (χ1n) is 19.4. The van der Waals surface area contributed by atoms with Crippen LogP contribution in [0, 0.1) is 6.92 Å². The average molecular weight is 759 g/mol. The second kappa shape index (κ2) is 24.6. The Hall–Kier alpha value is -4.76. The molecule has 9 heteroatoms. The van der Waals surface area contributed by atoms with Crippen molar-refractivity contribution >= 4 is 24.2 Å². The molecule has 0 aliphatic carbocycles. The van der Waals surface area contributed by atoms with Gasteiger partial charge in [0.05, 0.1) is 23.3 Å².